The third-order valence-corrected chi connectivity index (χ3v) is 2.95. The van der Waals surface area contributed by atoms with Gasteiger partial charge in [0.05, 0.1) is 12.3 Å². The molecule has 0 aromatic carbocycles. The number of hydrogen-bond donors (Lipinski definition) is 0. The van der Waals surface area contributed by atoms with Gasteiger partial charge >= 0.3 is 5.97 Å². The van der Waals surface area contributed by atoms with Crippen LogP contribution in [0.25, 0.3) is 5.65 Å². The van der Waals surface area contributed by atoms with E-state index < -0.39 is 11.5 Å². The minimum atomic E-state index is -0.634. The Morgan fingerprint density at radius 3 is 2.94 bits per heavy atom. The largest absolute Gasteiger partial charge is 0.462 e. The Hall–Kier alpha value is -1.69. The van der Waals surface area contributed by atoms with Crippen molar-refractivity contribution in [3.8, 4) is 0 Å². The van der Waals surface area contributed by atoms with Crippen molar-refractivity contribution in [3.05, 3.63) is 44.4 Å². The second-order valence-corrected chi connectivity index (χ2v) is 4.59. The summed E-state index contributed by atoms with van der Waals surface area (Å²) in [6.45, 7) is 3.53. The van der Waals surface area contributed by atoms with Crippen LogP contribution in [-0.2, 0) is 4.74 Å². The van der Waals surface area contributed by atoms with Crippen molar-refractivity contribution in [1.29, 1.82) is 0 Å². The van der Waals surface area contributed by atoms with E-state index >= 15 is 0 Å². The molecule has 2 rings (SSSR count). The zero-order valence-electron chi connectivity index (χ0n) is 9.94. The molecule has 0 aliphatic rings. The van der Waals surface area contributed by atoms with E-state index in [2.05, 4.69) is 20.9 Å². The van der Waals surface area contributed by atoms with E-state index in [1.807, 2.05) is 0 Å². The van der Waals surface area contributed by atoms with Crippen molar-refractivity contribution in [3.63, 3.8) is 0 Å². The number of aromatic nitrogens is 2. The molecule has 18 heavy (non-hydrogen) atoms. The molecule has 5 nitrogen and oxygen atoms in total. The van der Waals surface area contributed by atoms with Crippen LogP contribution in [0, 0.1) is 6.92 Å². The summed E-state index contributed by atoms with van der Waals surface area (Å²) in [6, 6.07) is 3.42. The van der Waals surface area contributed by atoms with Crippen LogP contribution in [0.4, 0.5) is 0 Å². The maximum Gasteiger partial charge on any atom is 0.345 e. The number of hydrogen-bond acceptors (Lipinski definition) is 4. The lowest BCUT2D eigenvalue weighted by molar-refractivity contribution is 0.0522. The summed E-state index contributed by atoms with van der Waals surface area (Å²) in [5.41, 5.74) is 0.427. The summed E-state index contributed by atoms with van der Waals surface area (Å²) in [6.07, 6.45) is 1.57. The second kappa shape index (κ2) is 4.89. The van der Waals surface area contributed by atoms with Crippen LogP contribution in [0.2, 0.25) is 0 Å². The molecule has 0 aliphatic carbocycles. The van der Waals surface area contributed by atoms with Gasteiger partial charge in [-0.3, -0.25) is 9.20 Å². The first-order valence-corrected chi connectivity index (χ1v) is 6.19. The fraction of sp³-hybridized carbons (Fsp3) is 0.250. The molecule has 0 saturated heterocycles. The van der Waals surface area contributed by atoms with Gasteiger partial charge in [-0.25, -0.2) is 9.78 Å². The molecule has 0 fully saturated rings. The highest BCUT2D eigenvalue weighted by Crippen LogP contribution is 2.12. The molecule has 2 aromatic rings. The number of carbonyl (C=O) groups excluding carboxylic acids is 1. The minimum absolute atomic E-state index is 0.0170. The molecule has 0 bridgehead atoms. The van der Waals surface area contributed by atoms with Crippen molar-refractivity contribution < 1.29 is 9.53 Å². The van der Waals surface area contributed by atoms with Crippen LogP contribution >= 0.6 is 15.9 Å². The molecule has 94 valence electrons. The maximum atomic E-state index is 12.2. The Balaban J connectivity index is 2.73. The summed E-state index contributed by atoms with van der Waals surface area (Å²) >= 11 is 3.31. The van der Waals surface area contributed by atoms with E-state index in [1.54, 1.807) is 32.2 Å². The van der Waals surface area contributed by atoms with Gasteiger partial charge in [0, 0.05) is 10.7 Å². The Bertz CT molecular complexity index is 679. The van der Waals surface area contributed by atoms with Gasteiger partial charge in [0.15, 0.2) is 0 Å². The third-order valence-electron chi connectivity index (χ3n) is 2.45. The van der Waals surface area contributed by atoms with Crippen LogP contribution in [0.15, 0.2) is 27.6 Å². The van der Waals surface area contributed by atoms with Gasteiger partial charge in [-0.2, -0.15) is 0 Å². The number of fused-ring (bicyclic) bond motifs is 1. The molecule has 0 aliphatic heterocycles. The fourth-order valence-electron chi connectivity index (χ4n) is 1.66. The molecular weight excluding hydrogens is 300 g/mol. The van der Waals surface area contributed by atoms with Gasteiger partial charge in [-0.05, 0) is 26.0 Å². The predicted molar refractivity (Wildman–Crippen MR) is 69.9 cm³/mol. The fourth-order valence-corrected chi connectivity index (χ4v) is 1.99. The van der Waals surface area contributed by atoms with Crippen molar-refractivity contribution in [2.24, 2.45) is 0 Å². The summed E-state index contributed by atoms with van der Waals surface area (Å²) in [5.74, 6) is -0.634. The summed E-state index contributed by atoms with van der Waals surface area (Å²) in [4.78, 5) is 28.1. The number of nitrogens with zero attached hydrogens (tertiary/aromatic N) is 2. The average molecular weight is 311 g/mol. The van der Waals surface area contributed by atoms with E-state index in [4.69, 9.17) is 4.74 Å². The Morgan fingerprint density at radius 2 is 2.28 bits per heavy atom. The predicted octanol–water partition coefficient (Wildman–Crippen LogP) is 1.94. The average Bonchev–Trinajstić information content (AvgIpc) is 2.28. The summed E-state index contributed by atoms with van der Waals surface area (Å²) in [5, 5.41) is 0. The van der Waals surface area contributed by atoms with Crippen LogP contribution in [0.1, 0.15) is 23.0 Å². The molecule has 2 aromatic heterocycles. The molecule has 6 heteroatoms. The van der Waals surface area contributed by atoms with Crippen molar-refractivity contribution in [1.82, 2.24) is 9.38 Å². The monoisotopic (exact) mass is 310 g/mol. The van der Waals surface area contributed by atoms with Gasteiger partial charge < -0.3 is 4.74 Å². The molecule has 0 amide bonds. The van der Waals surface area contributed by atoms with Gasteiger partial charge in [0.2, 0.25) is 0 Å². The Kier molecular flexibility index (Phi) is 3.47. The summed E-state index contributed by atoms with van der Waals surface area (Å²) < 4.78 is 7.00. The number of carbonyl (C=O) groups is 1. The highest BCUT2D eigenvalue weighted by Gasteiger charge is 2.18. The molecule has 0 saturated carbocycles. The third kappa shape index (κ3) is 2.15. The lowest BCUT2D eigenvalue weighted by Crippen LogP contribution is -2.26. The second-order valence-electron chi connectivity index (χ2n) is 3.67. The van der Waals surface area contributed by atoms with Gasteiger partial charge in [-0.1, -0.05) is 15.9 Å². The van der Waals surface area contributed by atoms with Gasteiger partial charge in [0.1, 0.15) is 11.2 Å². The molecule has 0 N–H and O–H groups in total. The van der Waals surface area contributed by atoms with E-state index in [-0.39, 0.29) is 12.2 Å². The normalized spacial score (nSPS) is 10.6. The maximum absolute atomic E-state index is 12.2. The Morgan fingerprint density at radius 1 is 1.56 bits per heavy atom. The van der Waals surface area contributed by atoms with Crippen molar-refractivity contribution >= 4 is 27.5 Å². The topological polar surface area (TPSA) is 60.7 Å². The zero-order valence-corrected chi connectivity index (χ0v) is 11.5. The summed E-state index contributed by atoms with van der Waals surface area (Å²) in [7, 11) is 0. The molecular formula is C12H11BrN2O3. The first-order valence-electron chi connectivity index (χ1n) is 5.40. The standard InChI is InChI=1S/C12H11BrN2O3/c1-3-18-12(17)10-7(2)14-9-6-8(13)4-5-15(9)11(10)16/h4-6H,3H2,1-2H3. The molecule has 2 heterocycles. The highest BCUT2D eigenvalue weighted by molar-refractivity contribution is 9.10. The van der Waals surface area contributed by atoms with Crippen LogP contribution < -0.4 is 5.56 Å². The quantitative estimate of drug-likeness (QED) is 0.795. The van der Waals surface area contributed by atoms with Crippen LogP contribution in [0.5, 0.6) is 0 Å². The minimum Gasteiger partial charge on any atom is -0.462 e. The first-order chi connectivity index (χ1) is 8.54. The van der Waals surface area contributed by atoms with Gasteiger partial charge in [-0.15, -0.1) is 0 Å². The number of esters is 1. The number of pyridine rings is 1. The van der Waals surface area contributed by atoms with Crippen LogP contribution in [-0.4, -0.2) is 22.0 Å². The molecule has 0 atom stereocenters. The van der Waals surface area contributed by atoms with E-state index in [0.717, 1.165) is 4.47 Å². The molecule has 0 spiro atoms. The molecule has 0 radical (unpaired) electrons. The Labute approximate surface area is 112 Å². The first kappa shape index (κ1) is 12.8. The molecule has 0 unspecified atom stereocenters. The lowest BCUT2D eigenvalue weighted by Gasteiger charge is -2.07. The van der Waals surface area contributed by atoms with Gasteiger partial charge in [0.25, 0.3) is 5.56 Å². The number of aryl methyl sites for hydroxylation is 1. The van der Waals surface area contributed by atoms with E-state index in [1.165, 1.54) is 4.40 Å². The van der Waals surface area contributed by atoms with Crippen molar-refractivity contribution in [2.75, 3.05) is 6.61 Å². The number of rotatable bonds is 2. The highest BCUT2D eigenvalue weighted by atomic mass is 79.9. The van der Waals surface area contributed by atoms with E-state index in [9.17, 15) is 9.59 Å². The van der Waals surface area contributed by atoms with Crippen molar-refractivity contribution in [2.45, 2.75) is 13.8 Å². The lowest BCUT2D eigenvalue weighted by atomic mass is 10.2. The van der Waals surface area contributed by atoms with Crippen LogP contribution in [0.3, 0.4) is 0 Å². The number of ether oxygens (including phenoxy) is 1. The zero-order chi connectivity index (χ0) is 13.3. The van der Waals surface area contributed by atoms with E-state index in [0.29, 0.717) is 11.3 Å². The smallest absolute Gasteiger partial charge is 0.345 e. The number of halogens is 1. The SMILES string of the molecule is CCOC(=O)c1c(C)nc2cc(Br)ccn2c1=O.